The van der Waals surface area contributed by atoms with Crippen molar-refractivity contribution in [1.82, 2.24) is 10.2 Å². The van der Waals surface area contributed by atoms with Gasteiger partial charge in [0.2, 0.25) is 5.91 Å². The number of fused-ring (bicyclic) bond motifs is 2. The lowest BCUT2D eigenvalue weighted by atomic mass is 9.82. The fourth-order valence-corrected chi connectivity index (χ4v) is 9.33. The third-order valence-corrected chi connectivity index (χ3v) is 11.5. The van der Waals surface area contributed by atoms with Crippen LogP contribution >= 0.6 is 0 Å². The number of hydrogen-bond donors (Lipinski definition) is 2. The number of Topliss-reactive ketones (excluding diaryl/α,β-unsaturated/α-hetero) is 1. The SMILES string of the molecule is CC(=O)[C@@H]1CCNC1(C(=O)O)[N+]1(C(=O)[C@@H]2CC[C@H](c3ccccc3)N2C(=O)[C@H]2Cc3ccccc3N2C(=O)OC(C)(C)C)CCc2ccccc2C1. The second kappa shape index (κ2) is 13.3. The molecular formula is C41H47N4O7+. The number of rotatable bonds is 6. The Balaban J connectivity index is 1.36. The van der Waals surface area contributed by atoms with E-state index in [-0.39, 0.29) is 38.3 Å². The number of anilines is 1. The van der Waals surface area contributed by atoms with Crippen LogP contribution in [0.2, 0.25) is 0 Å². The Morgan fingerprint density at radius 2 is 1.50 bits per heavy atom. The van der Waals surface area contributed by atoms with Crippen LogP contribution in [0.25, 0.3) is 0 Å². The molecule has 0 bridgehead atoms. The number of carboxylic acids is 1. The number of benzene rings is 3. The van der Waals surface area contributed by atoms with Crippen molar-refractivity contribution in [2.45, 2.75) is 95.7 Å². The Morgan fingerprint density at radius 3 is 2.17 bits per heavy atom. The van der Waals surface area contributed by atoms with Gasteiger partial charge in [0.15, 0.2) is 0 Å². The summed E-state index contributed by atoms with van der Waals surface area (Å²) >= 11 is 0. The summed E-state index contributed by atoms with van der Waals surface area (Å²) in [6.45, 7) is 7.18. The van der Waals surface area contributed by atoms with Crippen LogP contribution in [0, 0.1) is 5.92 Å². The average molecular weight is 708 g/mol. The first-order valence-electron chi connectivity index (χ1n) is 18.2. The van der Waals surface area contributed by atoms with E-state index in [0.29, 0.717) is 24.9 Å². The molecule has 4 heterocycles. The van der Waals surface area contributed by atoms with Crippen LogP contribution < -0.4 is 10.2 Å². The monoisotopic (exact) mass is 707 g/mol. The zero-order valence-corrected chi connectivity index (χ0v) is 30.2. The maximum absolute atomic E-state index is 15.8. The first-order chi connectivity index (χ1) is 24.8. The second-order valence-electron chi connectivity index (χ2n) is 15.6. The average Bonchev–Trinajstić information content (AvgIpc) is 3.87. The van der Waals surface area contributed by atoms with Gasteiger partial charge in [0, 0.05) is 24.9 Å². The molecule has 0 spiro atoms. The highest BCUT2D eigenvalue weighted by Crippen LogP contribution is 2.47. The number of aliphatic carboxylic acids is 1. The van der Waals surface area contributed by atoms with Gasteiger partial charge in [-0.15, -0.1) is 0 Å². The first kappa shape index (κ1) is 35.5. The zero-order valence-electron chi connectivity index (χ0n) is 30.2. The normalized spacial score (nSPS) is 28.2. The van der Waals surface area contributed by atoms with Crippen molar-refractivity contribution >= 4 is 35.3 Å². The third-order valence-electron chi connectivity index (χ3n) is 11.5. The highest BCUT2D eigenvalue weighted by atomic mass is 16.6. The van der Waals surface area contributed by atoms with Crippen molar-refractivity contribution < 1.29 is 38.3 Å². The fourth-order valence-electron chi connectivity index (χ4n) is 9.33. The molecule has 4 aliphatic heterocycles. The number of carbonyl (C=O) groups is 5. The van der Waals surface area contributed by atoms with Crippen LogP contribution in [0.1, 0.15) is 75.3 Å². The number of hydrogen-bond acceptors (Lipinski definition) is 7. The molecule has 0 saturated carbocycles. The third kappa shape index (κ3) is 5.70. The van der Waals surface area contributed by atoms with Crippen molar-refractivity contribution in [2.75, 3.05) is 18.0 Å². The number of ketones is 1. The number of carbonyl (C=O) groups excluding carboxylic acids is 4. The van der Waals surface area contributed by atoms with Gasteiger partial charge in [-0.05, 0) is 69.7 Å². The van der Waals surface area contributed by atoms with E-state index in [2.05, 4.69) is 5.32 Å². The molecule has 272 valence electrons. The Bertz CT molecular complexity index is 1920. The molecule has 0 aromatic heterocycles. The van der Waals surface area contributed by atoms with E-state index in [9.17, 15) is 19.5 Å². The van der Waals surface area contributed by atoms with Gasteiger partial charge >= 0.3 is 18.0 Å². The van der Waals surface area contributed by atoms with Crippen LogP contribution in [-0.2, 0) is 43.3 Å². The standard InChI is InChI=1S/C41H46N4O7/c1-26(46)31-20-22-42-41(31,38(49)50)45(23-21-27-12-8-9-16-30(27)25-45)37(48)34-19-18-33(28-13-6-5-7-14-28)43(34)36(47)35-24-29-15-10-11-17-32(29)44(35)39(51)52-40(2,3)4/h5-17,31,33-35,42H,18-25H2,1-4H3/p+1/t31-,33+,34-,35+,41?,45?/m0/s1. The minimum Gasteiger partial charge on any atom is -0.475 e. The Kier molecular flexibility index (Phi) is 9.07. The highest BCUT2D eigenvalue weighted by molar-refractivity contribution is 6.02. The molecule has 3 aromatic rings. The molecular weight excluding hydrogens is 660 g/mol. The molecule has 2 saturated heterocycles. The lowest BCUT2D eigenvalue weighted by Gasteiger charge is -2.52. The number of quaternary nitrogens is 1. The zero-order chi connectivity index (χ0) is 37.0. The maximum atomic E-state index is 15.8. The van der Waals surface area contributed by atoms with E-state index in [1.165, 1.54) is 11.8 Å². The van der Waals surface area contributed by atoms with Gasteiger partial charge in [0.25, 0.3) is 5.66 Å². The first-order valence-corrected chi connectivity index (χ1v) is 18.2. The summed E-state index contributed by atoms with van der Waals surface area (Å²) < 4.78 is 5.29. The molecule has 0 radical (unpaired) electrons. The molecule has 2 N–H and O–H groups in total. The Hall–Kier alpha value is -4.87. The van der Waals surface area contributed by atoms with Gasteiger partial charge in [0.1, 0.15) is 35.9 Å². The molecule has 4 aliphatic rings. The number of amides is 3. The van der Waals surface area contributed by atoms with Gasteiger partial charge in [-0.1, -0.05) is 72.8 Å². The van der Waals surface area contributed by atoms with Crippen LogP contribution in [0.4, 0.5) is 10.5 Å². The molecule has 7 rings (SSSR count). The predicted molar refractivity (Wildman–Crippen MR) is 193 cm³/mol. The summed E-state index contributed by atoms with van der Waals surface area (Å²) in [6.07, 6.45) is 1.03. The molecule has 3 amide bonds. The number of ether oxygens (including phenoxy) is 1. The molecule has 3 aromatic carbocycles. The van der Waals surface area contributed by atoms with E-state index in [1.807, 2.05) is 72.8 Å². The van der Waals surface area contributed by atoms with Crippen LogP contribution in [0.3, 0.4) is 0 Å². The van der Waals surface area contributed by atoms with Crippen molar-refractivity contribution in [1.29, 1.82) is 0 Å². The number of nitrogens with zero attached hydrogens (tertiary/aromatic N) is 3. The van der Waals surface area contributed by atoms with E-state index >= 15 is 9.59 Å². The fraction of sp³-hybridized carbons (Fsp3) is 0.439. The van der Waals surface area contributed by atoms with Gasteiger partial charge in [0.05, 0.1) is 18.3 Å². The summed E-state index contributed by atoms with van der Waals surface area (Å²) in [5, 5.41) is 14.4. The lowest BCUT2D eigenvalue weighted by Crippen LogP contribution is -2.80. The predicted octanol–water partition coefficient (Wildman–Crippen LogP) is 5.16. The maximum Gasteiger partial charge on any atom is 0.415 e. The summed E-state index contributed by atoms with van der Waals surface area (Å²) in [7, 11) is 0. The molecule has 2 fully saturated rings. The van der Waals surface area contributed by atoms with Crippen LogP contribution in [0.15, 0.2) is 78.9 Å². The van der Waals surface area contributed by atoms with Crippen molar-refractivity contribution in [3.05, 3.63) is 101 Å². The summed E-state index contributed by atoms with van der Waals surface area (Å²) in [4.78, 5) is 75.0. The number of para-hydroxylation sites is 1. The Labute approximate surface area is 304 Å². The molecule has 11 nitrogen and oxygen atoms in total. The van der Waals surface area contributed by atoms with Crippen molar-refractivity contribution in [2.24, 2.45) is 5.92 Å². The van der Waals surface area contributed by atoms with E-state index in [4.69, 9.17) is 4.74 Å². The minimum absolute atomic E-state index is 0.0610. The van der Waals surface area contributed by atoms with Gasteiger partial charge < -0.3 is 14.7 Å². The molecule has 11 heteroatoms. The van der Waals surface area contributed by atoms with Crippen LogP contribution in [-0.4, -0.2) is 80.6 Å². The van der Waals surface area contributed by atoms with Gasteiger partial charge in [-0.2, -0.15) is 0 Å². The molecule has 52 heavy (non-hydrogen) atoms. The molecule has 0 aliphatic carbocycles. The summed E-state index contributed by atoms with van der Waals surface area (Å²) in [6, 6.07) is 22.1. The van der Waals surface area contributed by atoms with Crippen LogP contribution in [0.5, 0.6) is 0 Å². The largest absolute Gasteiger partial charge is 0.475 e. The topological polar surface area (TPSA) is 133 Å². The van der Waals surface area contributed by atoms with Gasteiger partial charge in [-0.3, -0.25) is 19.8 Å². The number of nitrogens with one attached hydrogen (secondary N) is 1. The van der Waals surface area contributed by atoms with Crippen molar-refractivity contribution in [3.63, 3.8) is 0 Å². The lowest BCUT2D eigenvalue weighted by molar-refractivity contribution is -0.917. The Morgan fingerprint density at radius 1 is 0.846 bits per heavy atom. The summed E-state index contributed by atoms with van der Waals surface area (Å²) in [5.41, 5.74) is 1.35. The number of carboxylic acid groups (broad SMARTS) is 1. The van der Waals surface area contributed by atoms with E-state index in [0.717, 1.165) is 22.3 Å². The highest BCUT2D eigenvalue weighted by Gasteiger charge is 2.71. The molecule has 6 atom stereocenters. The summed E-state index contributed by atoms with van der Waals surface area (Å²) in [5.74, 6) is -3.33. The number of likely N-dealkylation sites (tertiary alicyclic amines) is 1. The quantitative estimate of drug-likeness (QED) is 0.336. The molecule has 2 unspecified atom stereocenters. The second-order valence-corrected chi connectivity index (χ2v) is 15.6. The smallest absolute Gasteiger partial charge is 0.415 e. The van der Waals surface area contributed by atoms with E-state index in [1.54, 1.807) is 31.7 Å². The van der Waals surface area contributed by atoms with Crippen molar-refractivity contribution in [3.8, 4) is 0 Å². The van der Waals surface area contributed by atoms with E-state index < -0.39 is 63.7 Å². The minimum atomic E-state index is -1.93. The van der Waals surface area contributed by atoms with Gasteiger partial charge in [-0.25, -0.2) is 18.9 Å².